The number of rotatable bonds is 5. The van der Waals surface area contributed by atoms with Gasteiger partial charge in [-0.25, -0.2) is 0 Å². The number of hydrogen-bond donors (Lipinski definition) is 1. The number of nitrogens with one attached hydrogen (secondary N) is 1. The lowest BCUT2D eigenvalue weighted by atomic mass is 9.96. The van der Waals surface area contributed by atoms with Crippen LogP contribution >= 0.6 is 11.6 Å². The zero-order chi connectivity index (χ0) is 12.2. The maximum absolute atomic E-state index is 11.7. The minimum atomic E-state index is -0.183. The van der Waals surface area contributed by atoms with Gasteiger partial charge in [0.05, 0.1) is 0 Å². The van der Waals surface area contributed by atoms with Crippen LogP contribution in [0.1, 0.15) is 37.1 Å². The van der Waals surface area contributed by atoms with Gasteiger partial charge in [0.2, 0.25) is 0 Å². The van der Waals surface area contributed by atoms with Gasteiger partial charge in [0, 0.05) is 18.8 Å². The Morgan fingerprint density at radius 2 is 2.19 bits per heavy atom. The lowest BCUT2D eigenvalue weighted by Gasteiger charge is -2.21. The van der Waals surface area contributed by atoms with E-state index in [0.717, 1.165) is 12.2 Å². The molecule has 1 aromatic rings. The van der Waals surface area contributed by atoms with Crippen molar-refractivity contribution < 1.29 is 9.21 Å². The lowest BCUT2D eigenvalue weighted by molar-refractivity contribution is 0.0910. The fourth-order valence-corrected chi connectivity index (χ4v) is 1.24. The highest BCUT2D eigenvalue weighted by molar-refractivity contribution is 6.18. The Balaban J connectivity index is 2.53. The van der Waals surface area contributed by atoms with E-state index < -0.39 is 0 Å². The SMILES string of the molecule is CCc1ccc(C(=O)NCC(C)(C)CCl)o1. The van der Waals surface area contributed by atoms with E-state index in [-0.39, 0.29) is 11.3 Å². The summed E-state index contributed by atoms with van der Waals surface area (Å²) in [4.78, 5) is 11.7. The third-order valence-corrected chi connectivity index (χ3v) is 3.05. The van der Waals surface area contributed by atoms with Crippen molar-refractivity contribution in [2.75, 3.05) is 12.4 Å². The standard InChI is InChI=1S/C12H18ClNO2/c1-4-9-5-6-10(16-9)11(15)14-8-12(2,3)7-13/h5-6H,4,7-8H2,1-3H3,(H,14,15). The van der Waals surface area contributed by atoms with E-state index in [1.165, 1.54) is 0 Å². The van der Waals surface area contributed by atoms with Gasteiger partial charge in [0.25, 0.3) is 5.91 Å². The molecule has 0 aliphatic carbocycles. The minimum Gasteiger partial charge on any atom is -0.456 e. The lowest BCUT2D eigenvalue weighted by Crippen LogP contribution is -2.34. The van der Waals surface area contributed by atoms with E-state index in [0.29, 0.717) is 18.2 Å². The monoisotopic (exact) mass is 243 g/mol. The molecule has 16 heavy (non-hydrogen) atoms. The van der Waals surface area contributed by atoms with Crippen molar-refractivity contribution in [3.8, 4) is 0 Å². The van der Waals surface area contributed by atoms with Gasteiger partial charge >= 0.3 is 0 Å². The number of furan rings is 1. The number of hydrogen-bond acceptors (Lipinski definition) is 2. The van der Waals surface area contributed by atoms with Crippen LogP contribution in [0, 0.1) is 5.41 Å². The highest BCUT2D eigenvalue weighted by Crippen LogP contribution is 2.15. The van der Waals surface area contributed by atoms with Crippen molar-refractivity contribution in [1.82, 2.24) is 5.32 Å². The maximum Gasteiger partial charge on any atom is 0.287 e. The normalized spacial score (nSPS) is 11.5. The molecule has 0 unspecified atom stereocenters. The summed E-state index contributed by atoms with van der Waals surface area (Å²) in [5.41, 5.74) is -0.0998. The fourth-order valence-electron chi connectivity index (χ4n) is 1.14. The predicted octanol–water partition coefficient (Wildman–Crippen LogP) is 2.84. The van der Waals surface area contributed by atoms with Gasteiger partial charge in [-0.15, -0.1) is 11.6 Å². The van der Waals surface area contributed by atoms with Gasteiger partial charge in [-0.2, -0.15) is 0 Å². The number of alkyl halides is 1. The van der Waals surface area contributed by atoms with Gasteiger partial charge in [-0.1, -0.05) is 20.8 Å². The molecule has 1 aromatic heterocycles. The molecule has 0 bridgehead atoms. The van der Waals surface area contributed by atoms with Gasteiger partial charge in [0.15, 0.2) is 5.76 Å². The summed E-state index contributed by atoms with van der Waals surface area (Å²) in [6, 6.07) is 3.52. The molecule has 0 saturated heterocycles. The molecule has 0 aromatic carbocycles. The molecule has 90 valence electrons. The molecule has 0 saturated carbocycles. The predicted molar refractivity (Wildman–Crippen MR) is 64.9 cm³/mol. The van der Waals surface area contributed by atoms with E-state index in [9.17, 15) is 4.79 Å². The molecule has 0 aliphatic rings. The zero-order valence-electron chi connectivity index (χ0n) is 9.97. The van der Waals surface area contributed by atoms with Crippen molar-refractivity contribution >= 4 is 17.5 Å². The first-order valence-electron chi connectivity index (χ1n) is 5.41. The zero-order valence-corrected chi connectivity index (χ0v) is 10.7. The first-order chi connectivity index (χ1) is 7.48. The molecule has 0 atom stereocenters. The van der Waals surface area contributed by atoms with Gasteiger partial charge < -0.3 is 9.73 Å². The Kier molecular flexibility index (Phi) is 4.42. The van der Waals surface area contributed by atoms with Gasteiger partial charge in [0.1, 0.15) is 5.76 Å². The highest BCUT2D eigenvalue weighted by Gasteiger charge is 2.19. The van der Waals surface area contributed by atoms with E-state index in [4.69, 9.17) is 16.0 Å². The van der Waals surface area contributed by atoms with Crippen LogP contribution in [0.25, 0.3) is 0 Å². The summed E-state index contributed by atoms with van der Waals surface area (Å²) in [6.45, 7) is 6.52. The molecule has 4 heteroatoms. The van der Waals surface area contributed by atoms with Crippen LogP contribution in [-0.4, -0.2) is 18.3 Å². The summed E-state index contributed by atoms with van der Waals surface area (Å²) in [5.74, 6) is 1.51. The third kappa shape index (κ3) is 3.56. The average Bonchev–Trinajstić information content (AvgIpc) is 2.74. The minimum absolute atomic E-state index is 0.0998. The second kappa shape index (κ2) is 5.39. The molecular formula is C12H18ClNO2. The van der Waals surface area contributed by atoms with Gasteiger partial charge in [-0.3, -0.25) is 4.79 Å². The van der Waals surface area contributed by atoms with Crippen molar-refractivity contribution in [2.45, 2.75) is 27.2 Å². The van der Waals surface area contributed by atoms with Crippen LogP contribution in [0.2, 0.25) is 0 Å². The van der Waals surface area contributed by atoms with Crippen molar-refractivity contribution in [3.63, 3.8) is 0 Å². The Bertz CT molecular complexity index is 358. The van der Waals surface area contributed by atoms with Crippen LogP contribution in [-0.2, 0) is 6.42 Å². The quantitative estimate of drug-likeness (QED) is 0.808. The topological polar surface area (TPSA) is 42.2 Å². The maximum atomic E-state index is 11.7. The van der Waals surface area contributed by atoms with Crippen molar-refractivity contribution in [2.24, 2.45) is 5.41 Å². The molecule has 3 nitrogen and oxygen atoms in total. The summed E-state index contributed by atoms with van der Waals surface area (Å²) in [6.07, 6.45) is 0.792. The third-order valence-electron chi connectivity index (χ3n) is 2.32. The summed E-state index contributed by atoms with van der Waals surface area (Å²) >= 11 is 5.77. The number of halogens is 1. The van der Waals surface area contributed by atoms with Crippen molar-refractivity contribution in [1.29, 1.82) is 0 Å². The van der Waals surface area contributed by atoms with Crippen LogP contribution in [0.3, 0.4) is 0 Å². The Labute approximate surface area is 101 Å². The van der Waals surface area contributed by atoms with Crippen LogP contribution in [0.15, 0.2) is 16.5 Å². The summed E-state index contributed by atoms with van der Waals surface area (Å²) in [5, 5.41) is 2.81. The van der Waals surface area contributed by atoms with E-state index in [2.05, 4.69) is 5.32 Å². The molecule has 0 aliphatic heterocycles. The molecule has 1 rings (SSSR count). The Morgan fingerprint density at radius 3 is 2.69 bits per heavy atom. The Morgan fingerprint density at radius 1 is 1.50 bits per heavy atom. The number of carbonyl (C=O) groups excluding carboxylic acids is 1. The first kappa shape index (κ1) is 13.1. The average molecular weight is 244 g/mol. The fraction of sp³-hybridized carbons (Fsp3) is 0.583. The largest absolute Gasteiger partial charge is 0.456 e. The molecule has 0 spiro atoms. The van der Waals surface area contributed by atoms with E-state index in [1.807, 2.05) is 26.8 Å². The van der Waals surface area contributed by atoms with Crippen LogP contribution in [0.4, 0.5) is 0 Å². The number of amides is 1. The van der Waals surface area contributed by atoms with E-state index in [1.54, 1.807) is 6.07 Å². The molecule has 1 amide bonds. The molecule has 0 fully saturated rings. The Hall–Kier alpha value is -0.960. The summed E-state index contributed by atoms with van der Waals surface area (Å²) in [7, 11) is 0. The highest BCUT2D eigenvalue weighted by atomic mass is 35.5. The smallest absolute Gasteiger partial charge is 0.287 e. The van der Waals surface area contributed by atoms with Gasteiger partial charge in [-0.05, 0) is 17.5 Å². The molecule has 0 radical (unpaired) electrons. The number of carbonyl (C=O) groups is 1. The molecule has 1 N–H and O–H groups in total. The number of aryl methyl sites for hydroxylation is 1. The van der Waals surface area contributed by atoms with E-state index >= 15 is 0 Å². The molecule has 1 heterocycles. The summed E-state index contributed by atoms with van der Waals surface area (Å²) < 4.78 is 5.35. The van der Waals surface area contributed by atoms with Crippen molar-refractivity contribution in [3.05, 3.63) is 23.7 Å². The second-order valence-electron chi connectivity index (χ2n) is 4.60. The van der Waals surface area contributed by atoms with Crippen LogP contribution in [0.5, 0.6) is 0 Å². The van der Waals surface area contributed by atoms with Crippen LogP contribution < -0.4 is 5.32 Å². The second-order valence-corrected chi connectivity index (χ2v) is 4.87. The first-order valence-corrected chi connectivity index (χ1v) is 5.95. The molecular weight excluding hydrogens is 226 g/mol.